The molecule has 3 heteroatoms. The SMILES string of the molecule is CC1CCN(C(=O)C2CCCC(CCN)C2)CC1. The van der Waals surface area contributed by atoms with Crippen molar-refractivity contribution >= 4 is 5.91 Å². The van der Waals surface area contributed by atoms with Crippen molar-refractivity contribution < 1.29 is 4.79 Å². The number of nitrogens with zero attached hydrogens (tertiary/aromatic N) is 1. The molecular weight excluding hydrogens is 224 g/mol. The van der Waals surface area contributed by atoms with Crippen molar-refractivity contribution in [2.75, 3.05) is 19.6 Å². The Labute approximate surface area is 111 Å². The van der Waals surface area contributed by atoms with E-state index in [1.54, 1.807) is 0 Å². The number of carbonyl (C=O) groups excluding carboxylic acids is 1. The van der Waals surface area contributed by atoms with Crippen molar-refractivity contribution in [3.05, 3.63) is 0 Å². The Hall–Kier alpha value is -0.570. The molecule has 0 aromatic carbocycles. The number of nitrogens with two attached hydrogens (primary N) is 1. The first-order valence-electron chi connectivity index (χ1n) is 7.69. The van der Waals surface area contributed by atoms with E-state index in [2.05, 4.69) is 11.8 Å². The summed E-state index contributed by atoms with van der Waals surface area (Å²) in [5, 5.41) is 0. The molecule has 1 aliphatic heterocycles. The molecule has 2 aliphatic rings. The summed E-state index contributed by atoms with van der Waals surface area (Å²) < 4.78 is 0. The van der Waals surface area contributed by atoms with Gasteiger partial charge in [0.15, 0.2) is 0 Å². The van der Waals surface area contributed by atoms with Crippen LogP contribution in [0.25, 0.3) is 0 Å². The lowest BCUT2D eigenvalue weighted by atomic mass is 9.79. The molecule has 0 spiro atoms. The van der Waals surface area contributed by atoms with Crippen LogP contribution in [0, 0.1) is 17.8 Å². The van der Waals surface area contributed by atoms with Gasteiger partial charge in [-0.25, -0.2) is 0 Å². The number of hydrogen-bond donors (Lipinski definition) is 1. The third kappa shape index (κ3) is 3.47. The number of rotatable bonds is 3. The predicted molar refractivity (Wildman–Crippen MR) is 74.1 cm³/mol. The Balaban J connectivity index is 1.84. The molecule has 18 heavy (non-hydrogen) atoms. The number of carbonyl (C=O) groups is 1. The second-order valence-electron chi connectivity index (χ2n) is 6.31. The van der Waals surface area contributed by atoms with Gasteiger partial charge in [-0.1, -0.05) is 19.8 Å². The fourth-order valence-corrected chi connectivity index (χ4v) is 3.50. The molecule has 1 saturated heterocycles. The fraction of sp³-hybridized carbons (Fsp3) is 0.933. The lowest BCUT2D eigenvalue weighted by Crippen LogP contribution is -2.42. The highest BCUT2D eigenvalue weighted by Gasteiger charge is 2.31. The molecule has 0 radical (unpaired) electrons. The summed E-state index contributed by atoms with van der Waals surface area (Å²) in [5.41, 5.74) is 5.64. The molecule has 2 fully saturated rings. The minimum atomic E-state index is 0.295. The molecule has 104 valence electrons. The van der Waals surface area contributed by atoms with Crippen LogP contribution in [0.4, 0.5) is 0 Å². The zero-order valence-corrected chi connectivity index (χ0v) is 11.7. The molecule has 0 bridgehead atoms. The number of likely N-dealkylation sites (tertiary alicyclic amines) is 1. The Bertz CT molecular complexity index is 270. The molecule has 2 rings (SSSR count). The Morgan fingerprint density at radius 3 is 2.61 bits per heavy atom. The molecule has 1 heterocycles. The van der Waals surface area contributed by atoms with Crippen molar-refractivity contribution in [2.24, 2.45) is 23.5 Å². The van der Waals surface area contributed by atoms with E-state index < -0.39 is 0 Å². The number of piperidine rings is 1. The van der Waals surface area contributed by atoms with Gasteiger partial charge >= 0.3 is 0 Å². The summed E-state index contributed by atoms with van der Waals surface area (Å²) in [6, 6.07) is 0. The third-order valence-electron chi connectivity index (χ3n) is 4.80. The Morgan fingerprint density at radius 2 is 1.94 bits per heavy atom. The van der Waals surface area contributed by atoms with Gasteiger partial charge in [-0.15, -0.1) is 0 Å². The van der Waals surface area contributed by atoms with E-state index in [1.165, 1.54) is 25.7 Å². The van der Waals surface area contributed by atoms with Crippen molar-refractivity contribution in [3.8, 4) is 0 Å². The Kier molecular flexibility index (Phi) is 5.04. The van der Waals surface area contributed by atoms with E-state index in [-0.39, 0.29) is 0 Å². The molecule has 1 amide bonds. The first-order valence-corrected chi connectivity index (χ1v) is 7.69. The Morgan fingerprint density at radius 1 is 1.22 bits per heavy atom. The second kappa shape index (κ2) is 6.55. The monoisotopic (exact) mass is 252 g/mol. The fourth-order valence-electron chi connectivity index (χ4n) is 3.50. The maximum absolute atomic E-state index is 12.5. The topological polar surface area (TPSA) is 46.3 Å². The zero-order chi connectivity index (χ0) is 13.0. The molecule has 0 aromatic heterocycles. The summed E-state index contributed by atoms with van der Waals surface area (Å²) in [6.45, 7) is 5.03. The van der Waals surface area contributed by atoms with Gasteiger partial charge in [0.2, 0.25) is 5.91 Å². The van der Waals surface area contributed by atoms with Crippen molar-refractivity contribution in [1.29, 1.82) is 0 Å². The van der Waals surface area contributed by atoms with Gasteiger partial charge < -0.3 is 10.6 Å². The van der Waals surface area contributed by atoms with Crippen LogP contribution in [-0.2, 0) is 4.79 Å². The number of hydrogen-bond acceptors (Lipinski definition) is 2. The zero-order valence-electron chi connectivity index (χ0n) is 11.7. The predicted octanol–water partition coefficient (Wildman–Crippen LogP) is 2.40. The van der Waals surface area contributed by atoms with Gasteiger partial charge in [0.25, 0.3) is 0 Å². The van der Waals surface area contributed by atoms with Crippen LogP contribution in [0.2, 0.25) is 0 Å². The average molecular weight is 252 g/mol. The highest BCUT2D eigenvalue weighted by molar-refractivity contribution is 5.79. The van der Waals surface area contributed by atoms with Crippen LogP contribution in [0.5, 0.6) is 0 Å². The van der Waals surface area contributed by atoms with Crippen molar-refractivity contribution in [3.63, 3.8) is 0 Å². The standard InChI is InChI=1S/C15H28N2O/c1-12-6-9-17(10-7-12)15(18)14-4-2-3-13(11-14)5-8-16/h12-14H,2-11,16H2,1H3. The highest BCUT2D eigenvalue weighted by Crippen LogP contribution is 2.32. The van der Waals surface area contributed by atoms with Crippen molar-refractivity contribution in [1.82, 2.24) is 4.90 Å². The number of amides is 1. The lowest BCUT2D eigenvalue weighted by molar-refractivity contribution is -0.138. The molecule has 0 aromatic rings. The summed E-state index contributed by atoms with van der Waals surface area (Å²) in [7, 11) is 0. The molecule has 1 saturated carbocycles. The molecule has 2 N–H and O–H groups in total. The summed E-state index contributed by atoms with van der Waals surface area (Å²) in [5.74, 6) is 2.22. The van der Waals surface area contributed by atoms with Gasteiger partial charge in [-0.05, 0) is 50.5 Å². The van der Waals surface area contributed by atoms with Gasteiger partial charge in [0.1, 0.15) is 0 Å². The van der Waals surface area contributed by atoms with Crippen LogP contribution < -0.4 is 5.73 Å². The van der Waals surface area contributed by atoms with E-state index in [9.17, 15) is 4.79 Å². The van der Waals surface area contributed by atoms with E-state index in [0.29, 0.717) is 17.7 Å². The lowest BCUT2D eigenvalue weighted by Gasteiger charge is -2.36. The molecular formula is C15H28N2O. The summed E-state index contributed by atoms with van der Waals surface area (Å²) in [6.07, 6.45) is 8.15. The van der Waals surface area contributed by atoms with Gasteiger partial charge in [-0.3, -0.25) is 4.79 Å². The third-order valence-corrected chi connectivity index (χ3v) is 4.80. The van der Waals surface area contributed by atoms with E-state index >= 15 is 0 Å². The largest absolute Gasteiger partial charge is 0.342 e. The van der Waals surface area contributed by atoms with Gasteiger partial charge in [0, 0.05) is 19.0 Å². The minimum Gasteiger partial charge on any atom is -0.342 e. The van der Waals surface area contributed by atoms with Crippen molar-refractivity contribution in [2.45, 2.75) is 51.9 Å². The highest BCUT2D eigenvalue weighted by atomic mass is 16.2. The maximum Gasteiger partial charge on any atom is 0.225 e. The van der Waals surface area contributed by atoms with Crippen LogP contribution in [0.15, 0.2) is 0 Å². The van der Waals surface area contributed by atoms with Gasteiger partial charge in [0.05, 0.1) is 0 Å². The molecule has 2 unspecified atom stereocenters. The van der Waals surface area contributed by atoms with Crippen LogP contribution >= 0.6 is 0 Å². The van der Waals surface area contributed by atoms with E-state index in [1.807, 2.05) is 0 Å². The average Bonchev–Trinajstić information content (AvgIpc) is 2.39. The van der Waals surface area contributed by atoms with E-state index in [4.69, 9.17) is 5.73 Å². The minimum absolute atomic E-state index is 0.295. The van der Waals surface area contributed by atoms with Crippen LogP contribution in [-0.4, -0.2) is 30.4 Å². The van der Waals surface area contributed by atoms with Crippen LogP contribution in [0.1, 0.15) is 51.9 Å². The second-order valence-corrected chi connectivity index (χ2v) is 6.31. The van der Waals surface area contributed by atoms with Gasteiger partial charge in [-0.2, -0.15) is 0 Å². The smallest absolute Gasteiger partial charge is 0.225 e. The first-order chi connectivity index (χ1) is 8.70. The molecule has 2 atom stereocenters. The van der Waals surface area contributed by atoms with E-state index in [0.717, 1.165) is 44.8 Å². The summed E-state index contributed by atoms with van der Waals surface area (Å²) in [4.78, 5) is 14.6. The maximum atomic E-state index is 12.5. The van der Waals surface area contributed by atoms with Crippen LogP contribution in [0.3, 0.4) is 0 Å². The normalized spacial score (nSPS) is 30.4. The summed E-state index contributed by atoms with van der Waals surface area (Å²) >= 11 is 0. The molecule has 1 aliphatic carbocycles. The first kappa shape index (κ1) is 13.9. The quantitative estimate of drug-likeness (QED) is 0.838. The molecule has 3 nitrogen and oxygen atoms in total.